The van der Waals surface area contributed by atoms with Gasteiger partial charge in [0.25, 0.3) is 0 Å². The second-order valence-corrected chi connectivity index (χ2v) is 4.33. The molecule has 94 valence electrons. The van der Waals surface area contributed by atoms with Crippen LogP contribution in [0.2, 0.25) is 0 Å². The second-order valence-electron chi connectivity index (χ2n) is 3.41. The summed E-state index contributed by atoms with van der Waals surface area (Å²) < 4.78 is 10.7. The fourth-order valence-corrected chi connectivity index (χ4v) is 1.83. The molecule has 17 heavy (non-hydrogen) atoms. The summed E-state index contributed by atoms with van der Waals surface area (Å²) in [5.74, 6) is 0.118. The fraction of sp³-hybridized carbons (Fsp3) is 0.417. The lowest BCUT2D eigenvalue weighted by molar-refractivity contribution is -0.145. The summed E-state index contributed by atoms with van der Waals surface area (Å²) in [5.41, 5.74) is 0.565. The van der Waals surface area contributed by atoms with Crippen molar-refractivity contribution in [1.82, 2.24) is 0 Å². The van der Waals surface area contributed by atoms with Crippen molar-refractivity contribution in [2.24, 2.45) is 0 Å². The SMILES string of the molecule is CCOC(=O)C[C@H](O)c1cc(Br)ccc1OC. The van der Waals surface area contributed by atoms with E-state index >= 15 is 0 Å². The molecule has 0 heterocycles. The molecule has 0 amide bonds. The number of esters is 1. The van der Waals surface area contributed by atoms with Gasteiger partial charge in [-0.05, 0) is 25.1 Å². The zero-order chi connectivity index (χ0) is 12.8. The largest absolute Gasteiger partial charge is 0.496 e. The molecule has 5 heteroatoms. The van der Waals surface area contributed by atoms with Crippen molar-refractivity contribution in [3.63, 3.8) is 0 Å². The first-order chi connectivity index (χ1) is 8.08. The maximum atomic E-state index is 11.3. The van der Waals surface area contributed by atoms with Gasteiger partial charge in [-0.3, -0.25) is 4.79 Å². The highest BCUT2D eigenvalue weighted by Crippen LogP contribution is 2.30. The Morgan fingerprint density at radius 3 is 2.82 bits per heavy atom. The number of aliphatic hydroxyl groups is 1. The van der Waals surface area contributed by atoms with E-state index in [9.17, 15) is 9.90 Å². The lowest BCUT2D eigenvalue weighted by Gasteiger charge is -2.14. The molecule has 4 nitrogen and oxygen atoms in total. The third kappa shape index (κ3) is 4.02. The van der Waals surface area contributed by atoms with Crippen LogP contribution in [0.5, 0.6) is 5.75 Å². The standard InChI is InChI=1S/C12H15BrO4/c1-3-17-12(15)7-10(14)9-6-8(13)4-5-11(9)16-2/h4-6,10,14H,3,7H2,1-2H3/t10-/m0/s1. The smallest absolute Gasteiger partial charge is 0.308 e. The number of benzene rings is 1. The number of hydrogen-bond acceptors (Lipinski definition) is 4. The molecule has 0 radical (unpaired) electrons. The first-order valence-corrected chi connectivity index (χ1v) is 6.05. The predicted molar refractivity (Wildman–Crippen MR) is 66.9 cm³/mol. The van der Waals surface area contributed by atoms with Gasteiger partial charge in [0, 0.05) is 10.0 Å². The van der Waals surface area contributed by atoms with Crippen molar-refractivity contribution in [2.75, 3.05) is 13.7 Å². The molecule has 1 aromatic rings. The van der Waals surface area contributed by atoms with E-state index in [1.54, 1.807) is 25.1 Å². The zero-order valence-electron chi connectivity index (χ0n) is 9.77. The molecule has 1 atom stereocenters. The van der Waals surface area contributed by atoms with Crippen LogP contribution in [0.3, 0.4) is 0 Å². The summed E-state index contributed by atoms with van der Waals surface area (Å²) in [5, 5.41) is 9.95. The molecule has 0 saturated carbocycles. The Kier molecular flexibility index (Phi) is 5.44. The Balaban J connectivity index is 2.83. The molecule has 0 spiro atoms. The Hall–Kier alpha value is -1.07. The molecule has 0 bridgehead atoms. The average molecular weight is 303 g/mol. The minimum atomic E-state index is -0.929. The van der Waals surface area contributed by atoms with Crippen LogP contribution in [-0.4, -0.2) is 24.8 Å². The van der Waals surface area contributed by atoms with Crippen molar-refractivity contribution in [3.8, 4) is 5.75 Å². The molecule has 0 unspecified atom stereocenters. The molecule has 0 aliphatic carbocycles. The van der Waals surface area contributed by atoms with Crippen LogP contribution in [0.15, 0.2) is 22.7 Å². The Bertz CT molecular complexity index is 392. The molecular formula is C12H15BrO4. The molecule has 0 fully saturated rings. The number of methoxy groups -OCH3 is 1. The first-order valence-electron chi connectivity index (χ1n) is 5.25. The third-order valence-corrected chi connectivity index (χ3v) is 2.71. The van der Waals surface area contributed by atoms with Gasteiger partial charge in [-0.15, -0.1) is 0 Å². The summed E-state index contributed by atoms with van der Waals surface area (Å²) in [7, 11) is 1.52. The Labute approximate surface area is 109 Å². The van der Waals surface area contributed by atoms with Gasteiger partial charge in [0.2, 0.25) is 0 Å². The van der Waals surface area contributed by atoms with Crippen LogP contribution in [0.25, 0.3) is 0 Å². The summed E-state index contributed by atoms with van der Waals surface area (Å²) in [6.07, 6.45) is -1.01. The summed E-state index contributed by atoms with van der Waals surface area (Å²) >= 11 is 3.31. The predicted octanol–water partition coefficient (Wildman–Crippen LogP) is 2.44. The Morgan fingerprint density at radius 1 is 1.53 bits per heavy atom. The van der Waals surface area contributed by atoms with E-state index in [1.807, 2.05) is 0 Å². The molecule has 0 aliphatic rings. The van der Waals surface area contributed by atoms with E-state index < -0.39 is 12.1 Å². The minimum Gasteiger partial charge on any atom is -0.496 e. The number of rotatable bonds is 5. The van der Waals surface area contributed by atoms with Crippen molar-refractivity contribution >= 4 is 21.9 Å². The molecule has 1 rings (SSSR count). The third-order valence-electron chi connectivity index (χ3n) is 2.22. The van der Waals surface area contributed by atoms with Crippen LogP contribution >= 0.6 is 15.9 Å². The summed E-state index contributed by atoms with van der Waals surface area (Å²) in [6, 6.07) is 5.26. The molecule has 0 saturated heterocycles. The van der Waals surface area contributed by atoms with E-state index in [2.05, 4.69) is 15.9 Å². The van der Waals surface area contributed by atoms with Crippen molar-refractivity contribution in [1.29, 1.82) is 0 Å². The normalized spacial score (nSPS) is 12.0. The molecular weight excluding hydrogens is 288 g/mol. The molecule has 1 aromatic carbocycles. The quantitative estimate of drug-likeness (QED) is 0.849. The van der Waals surface area contributed by atoms with Crippen LogP contribution in [-0.2, 0) is 9.53 Å². The van der Waals surface area contributed by atoms with E-state index in [4.69, 9.17) is 9.47 Å². The number of aliphatic hydroxyl groups excluding tert-OH is 1. The topological polar surface area (TPSA) is 55.8 Å². The minimum absolute atomic E-state index is 0.0827. The van der Waals surface area contributed by atoms with Crippen molar-refractivity contribution < 1.29 is 19.4 Å². The van der Waals surface area contributed by atoms with Gasteiger partial charge < -0.3 is 14.6 Å². The molecule has 0 aromatic heterocycles. The highest BCUT2D eigenvalue weighted by Gasteiger charge is 2.18. The van der Waals surface area contributed by atoms with Crippen molar-refractivity contribution in [2.45, 2.75) is 19.4 Å². The maximum absolute atomic E-state index is 11.3. The number of carbonyl (C=O) groups excluding carboxylic acids is 1. The van der Waals surface area contributed by atoms with Gasteiger partial charge in [0.05, 0.1) is 26.2 Å². The Morgan fingerprint density at radius 2 is 2.24 bits per heavy atom. The summed E-state index contributed by atoms with van der Waals surface area (Å²) in [6.45, 7) is 2.03. The summed E-state index contributed by atoms with van der Waals surface area (Å²) in [4.78, 5) is 11.3. The highest BCUT2D eigenvalue weighted by molar-refractivity contribution is 9.10. The van der Waals surface area contributed by atoms with Gasteiger partial charge in [-0.2, -0.15) is 0 Å². The molecule has 1 N–H and O–H groups in total. The average Bonchev–Trinajstić information content (AvgIpc) is 2.29. The second kappa shape index (κ2) is 6.61. The first kappa shape index (κ1) is 14.0. The van der Waals surface area contributed by atoms with Gasteiger partial charge in [0.15, 0.2) is 0 Å². The lowest BCUT2D eigenvalue weighted by Crippen LogP contribution is -2.10. The van der Waals surface area contributed by atoms with Gasteiger partial charge in [-0.1, -0.05) is 15.9 Å². The van der Waals surface area contributed by atoms with Crippen molar-refractivity contribution in [3.05, 3.63) is 28.2 Å². The van der Waals surface area contributed by atoms with Gasteiger partial charge >= 0.3 is 5.97 Å². The lowest BCUT2D eigenvalue weighted by atomic mass is 10.1. The fourth-order valence-electron chi connectivity index (χ4n) is 1.45. The van der Waals surface area contributed by atoms with Gasteiger partial charge in [-0.25, -0.2) is 0 Å². The zero-order valence-corrected chi connectivity index (χ0v) is 11.4. The van der Waals surface area contributed by atoms with Crippen LogP contribution in [0.1, 0.15) is 25.0 Å². The van der Waals surface area contributed by atoms with E-state index in [-0.39, 0.29) is 6.42 Å². The monoisotopic (exact) mass is 302 g/mol. The number of carbonyl (C=O) groups is 1. The molecule has 0 aliphatic heterocycles. The van der Waals surface area contributed by atoms with E-state index in [0.29, 0.717) is 17.9 Å². The van der Waals surface area contributed by atoms with Crippen LogP contribution in [0.4, 0.5) is 0 Å². The van der Waals surface area contributed by atoms with Crippen LogP contribution in [0, 0.1) is 0 Å². The highest BCUT2D eigenvalue weighted by atomic mass is 79.9. The number of halogens is 1. The maximum Gasteiger partial charge on any atom is 0.308 e. The number of hydrogen-bond donors (Lipinski definition) is 1. The van der Waals surface area contributed by atoms with Crippen LogP contribution < -0.4 is 4.74 Å². The van der Waals surface area contributed by atoms with E-state index in [0.717, 1.165) is 4.47 Å². The number of ether oxygens (including phenoxy) is 2. The van der Waals surface area contributed by atoms with E-state index in [1.165, 1.54) is 7.11 Å². The van der Waals surface area contributed by atoms with Gasteiger partial charge in [0.1, 0.15) is 5.75 Å².